The third kappa shape index (κ3) is 6.20. The van der Waals surface area contributed by atoms with E-state index >= 15 is 0 Å². The van der Waals surface area contributed by atoms with E-state index in [1.807, 2.05) is 36.4 Å². The molecule has 172 valence electrons. The normalized spacial score (nSPS) is 17.0. The summed E-state index contributed by atoms with van der Waals surface area (Å²) >= 11 is 0. The Balaban J connectivity index is 1.22. The monoisotopic (exact) mass is 438 g/mol. The average Bonchev–Trinajstić information content (AvgIpc) is 3.38. The second kappa shape index (κ2) is 11.3. The average molecular weight is 439 g/mol. The van der Waals surface area contributed by atoms with Crippen LogP contribution in [-0.4, -0.2) is 68.3 Å². The number of amides is 1. The van der Waals surface area contributed by atoms with Gasteiger partial charge >= 0.3 is 0 Å². The quantitative estimate of drug-likeness (QED) is 0.649. The van der Waals surface area contributed by atoms with Gasteiger partial charge in [0.1, 0.15) is 18.2 Å². The van der Waals surface area contributed by atoms with Crippen molar-refractivity contribution in [1.82, 2.24) is 15.2 Å². The van der Waals surface area contributed by atoms with E-state index in [4.69, 9.17) is 9.47 Å². The predicted octanol–water partition coefficient (Wildman–Crippen LogP) is 3.10. The molecule has 2 aliphatic heterocycles. The fourth-order valence-electron chi connectivity index (χ4n) is 4.30. The van der Waals surface area contributed by atoms with Gasteiger partial charge in [0.05, 0.1) is 5.56 Å². The minimum atomic E-state index is -0.116. The van der Waals surface area contributed by atoms with Crippen LogP contribution >= 0.6 is 0 Å². The molecule has 1 amide bonds. The van der Waals surface area contributed by atoms with Gasteiger partial charge in [0.15, 0.2) is 0 Å². The molecule has 1 aromatic carbocycles. The van der Waals surface area contributed by atoms with Gasteiger partial charge in [0, 0.05) is 51.6 Å². The van der Waals surface area contributed by atoms with Crippen molar-refractivity contribution in [2.75, 3.05) is 51.4 Å². The summed E-state index contributed by atoms with van der Waals surface area (Å²) in [6, 6.07) is 12.3. The molecule has 0 atom stereocenters. The van der Waals surface area contributed by atoms with Gasteiger partial charge in [-0.2, -0.15) is 0 Å². The molecule has 1 N–H and O–H groups in total. The summed E-state index contributed by atoms with van der Waals surface area (Å²) in [5.74, 6) is 1.66. The molecule has 1 aromatic heterocycles. The zero-order valence-electron chi connectivity index (χ0n) is 19.0. The number of hydrogen-bond acceptors (Lipinski definition) is 6. The number of likely N-dealkylation sites (N-methyl/N-ethyl adjacent to an activating group) is 1. The number of ether oxygens (including phenoxy) is 2. The van der Waals surface area contributed by atoms with Crippen LogP contribution < -0.4 is 15.0 Å². The number of nitrogens with zero attached hydrogens (tertiary/aromatic N) is 3. The Labute approximate surface area is 190 Å². The highest BCUT2D eigenvalue weighted by Gasteiger charge is 2.18. The van der Waals surface area contributed by atoms with Gasteiger partial charge in [-0.25, -0.2) is 4.98 Å². The topological polar surface area (TPSA) is 66.9 Å². The van der Waals surface area contributed by atoms with Crippen LogP contribution in [-0.2, 0) is 11.3 Å². The molecule has 0 unspecified atom stereocenters. The molecule has 0 radical (unpaired) electrons. The molecular formula is C25H34N4O3. The van der Waals surface area contributed by atoms with E-state index in [9.17, 15) is 4.79 Å². The van der Waals surface area contributed by atoms with Crippen LogP contribution in [0.15, 0.2) is 42.6 Å². The predicted molar refractivity (Wildman–Crippen MR) is 125 cm³/mol. The van der Waals surface area contributed by atoms with Crippen LogP contribution in [0.5, 0.6) is 5.75 Å². The summed E-state index contributed by atoms with van der Waals surface area (Å²) in [6.07, 6.45) is 6.25. The second-order valence-electron chi connectivity index (χ2n) is 8.60. The van der Waals surface area contributed by atoms with Crippen molar-refractivity contribution < 1.29 is 14.3 Å². The maximum atomic E-state index is 12.5. The van der Waals surface area contributed by atoms with Crippen molar-refractivity contribution >= 4 is 11.7 Å². The Morgan fingerprint density at radius 2 is 2.03 bits per heavy atom. The van der Waals surface area contributed by atoms with Crippen LogP contribution in [0.3, 0.4) is 0 Å². The maximum Gasteiger partial charge on any atom is 0.253 e. The molecule has 32 heavy (non-hydrogen) atoms. The summed E-state index contributed by atoms with van der Waals surface area (Å²) in [5.41, 5.74) is 1.59. The van der Waals surface area contributed by atoms with Crippen molar-refractivity contribution in [3.8, 4) is 5.75 Å². The van der Waals surface area contributed by atoms with E-state index in [1.165, 1.54) is 12.8 Å². The number of carbonyl (C=O) groups excluding carboxylic acids is 1. The Bertz CT molecular complexity index is 862. The van der Waals surface area contributed by atoms with Gasteiger partial charge in [-0.15, -0.1) is 0 Å². The van der Waals surface area contributed by atoms with Crippen LogP contribution in [0, 0.1) is 0 Å². The Kier molecular flexibility index (Phi) is 7.96. The number of anilines is 1. The number of nitrogens with one attached hydrogen (secondary N) is 1. The molecule has 0 aliphatic carbocycles. The third-order valence-electron chi connectivity index (χ3n) is 6.32. The number of hydrogen-bond donors (Lipinski definition) is 1. The SMILES string of the molecule is CN(CCOc1cccc(CNC(=O)c2ccc(N3CCCC3)nc2)c1)C1CCOCC1. The molecular weight excluding hydrogens is 404 g/mol. The molecule has 0 spiro atoms. The first-order valence-electron chi connectivity index (χ1n) is 11.7. The lowest BCUT2D eigenvalue weighted by Gasteiger charge is -2.31. The Morgan fingerprint density at radius 1 is 1.22 bits per heavy atom. The summed E-state index contributed by atoms with van der Waals surface area (Å²) in [5, 5.41) is 2.98. The van der Waals surface area contributed by atoms with Crippen LogP contribution in [0.4, 0.5) is 5.82 Å². The largest absolute Gasteiger partial charge is 0.492 e. The number of aromatic nitrogens is 1. The molecule has 2 fully saturated rings. The summed E-state index contributed by atoms with van der Waals surface area (Å²) < 4.78 is 11.4. The van der Waals surface area contributed by atoms with Gasteiger partial charge in [0.2, 0.25) is 0 Å². The van der Waals surface area contributed by atoms with E-state index in [2.05, 4.69) is 27.1 Å². The number of pyridine rings is 1. The van der Waals surface area contributed by atoms with Gasteiger partial charge < -0.3 is 19.7 Å². The van der Waals surface area contributed by atoms with Crippen LogP contribution in [0.25, 0.3) is 0 Å². The molecule has 2 aromatic rings. The molecule has 7 nitrogen and oxygen atoms in total. The standard InChI is InChI=1S/C25H34N4O3/c1-28(22-9-14-31-15-10-22)13-16-32-23-6-4-5-20(17-23)18-27-25(30)21-7-8-24(26-19-21)29-11-2-3-12-29/h4-8,17,19,22H,2-3,9-16,18H2,1H3,(H,27,30). The number of rotatable bonds is 9. The van der Waals surface area contributed by atoms with Gasteiger partial charge in [0.25, 0.3) is 5.91 Å². The lowest BCUT2D eigenvalue weighted by molar-refractivity contribution is 0.0392. The molecule has 2 aliphatic rings. The molecule has 0 bridgehead atoms. The highest BCUT2D eigenvalue weighted by molar-refractivity contribution is 5.94. The van der Waals surface area contributed by atoms with E-state index in [1.54, 1.807) is 6.20 Å². The molecule has 2 saturated heterocycles. The summed E-state index contributed by atoms with van der Waals surface area (Å²) in [6.45, 7) is 5.76. The lowest BCUT2D eigenvalue weighted by Crippen LogP contribution is -2.38. The van der Waals surface area contributed by atoms with Gasteiger partial charge in [-0.05, 0) is 62.6 Å². The fourth-order valence-corrected chi connectivity index (χ4v) is 4.30. The van der Waals surface area contributed by atoms with E-state index in [0.29, 0.717) is 24.8 Å². The smallest absolute Gasteiger partial charge is 0.253 e. The van der Waals surface area contributed by atoms with Crippen molar-refractivity contribution in [2.45, 2.75) is 38.3 Å². The zero-order chi connectivity index (χ0) is 22.2. The highest BCUT2D eigenvalue weighted by Crippen LogP contribution is 2.18. The van der Waals surface area contributed by atoms with E-state index < -0.39 is 0 Å². The van der Waals surface area contributed by atoms with Crippen molar-refractivity contribution in [1.29, 1.82) is 0 Å². The zero-order valence-corrected chi connectivity index (χ0v) is 19.0. The summed E-state index contributed by atoms with van der Waals surface area (Å²) in [7, 11) is 2.15. The maximum absolute atomic E-state index is 12.5. The first kappa shape index (κ1) is 22.6. The molecule has 3 heterocycles. The Hall–Kier alpha value is -2.64. The van der Waals surface area contributed by atoms with Gasteiger partial charge in [-0.3, -0.25) is 9.69 Å². The van der Waals surface area contributed by atoms with Crippen LogP contribution in [0.2, 0.25) is 0 Å². The minimum Gasteiger partial charge on any atom is -0.492 e. The molecule has 4 rings (SSSR count). The third-order valence-corrected chi connectivity index (χ3v) is 6.32. The van der Waals surface area contributed by atoms with Crippen molar-refractivity contribution in [2.24, 2.45) is 0 Å². The van der Waals surface area contributed by atoms with Crippen LogP contribution in [0.1, 0.15) is 41.6 Å². The first-order valence-corrected chi connectivity index (χ1v) is 11.7. The second-order valence-corrected chi connectivity index (χ2v) is 8.60. The van der Waals surface area contributed by atoms with E-state index in [-0.39, 0.29) is 5.91 Å². The van der Waals surface area contributed by atoms with Crippen molar-refractivity contribution in [3.05, 3.63) is 53.7 Å². The van der Waals surface area contributed by atoms with E-state index in [0.717, 1.165) is 62.8 Å². The molecule has 0 saturated carbocycles. The number of benzene rings is 1. The highest BCUT2D eigenvalue weighted by atomic mass is 16.5. The fraction of sp³-hybridized carbons (Fsp3) is 0.520. The Morgan fingerprint density at radius 3 is 2.78 bits per heavy atom. The molecule has 7 heteroatoms. The summed E-state index contributed by atoms with van der Waals surface area (Å²) in [4.78, 5) is 21.6. The minimum absolute atomic E-state index is 0.116. The first-order chi connectivity index (χ1) is 15.7. The lowest BCUT2D eigenvalue weighted by atomic mass is 10.1. The van der Waals surface area contributed by atoms with Gasteiger partial charge in [-0.1, -0.05) is 12.1 Å². The number of carbonyl (C=O) groups is 1. The van der Waals surface area contributed by atoms with Crippen molar-refractivity contribution in [3.63, 3.8) is 0 Å².